The van der Waals surface area contributed by atoms with Gasteiger partial charge in [-0.3, -0.25) is 0 Å². The Morgan fingerprint density at radius 2 is 2.21 bits per heavy atom. The van der Waals surface area contributed by atoms with Gasteiger partial charge in [0.15, 0.2) is 0 Å². The molecule has 14 heavy (non-hydrogen) atoms. The van der Waals surface area contributed by atoms with E-state index in [0.29, 0.717) is 0 Å². The Hall–Kier alpha value is -1.22. The van der Waals surface area contributed by atoms with Crippen molar-refractivity contribution in [1.29, 1.82) is 0 Å². The number of aryl methyl sites for hydroxylation is 1. The molecule has 0 aromatic heterocycles. The van der Waals surface area contributed by atoms with Crippen LogP contribution in [0.25, 0.3) is 0 Å². The van der Waals surface area contributed by atoms with Gasteiger partial charge in [0.25, 0.3) is 0 Å². The molecule has 0 saturated heterocycles. The molecule has 78 valence electrons. The van der Waals surface area contributed by atoms with Gasteiger partial charge in [0.1, 0.15) is 0 Å². The fraction of sp³-hybridized carbons (Fsp3) is 0.455. The highest BCUT2D eigenvalue weighted by Gasteiger charge is 1.95. The molecule has 0 aliphatic rings. The summed E-state index contributed by atoms with van der Waals surface area (Å²) in [5.41, 5.74) is 8.77. The molecular formula is C11H18N2O. The lowest BCUT2D eigenvalue weighted by atomic mass is 10.2. The van der Waals surface area contributed by atoms with E-state index in [1.54, 1.807) is 0 Å². The number of nitrogens with one attached hydrogen (secondary N) is 1. The second-order valence-electron chi connectivity index (χ2n) is 3.20. The molecule has 0 saturated carbocycles. The van der Waals surface area contributed by atoms with Crippen LogP contribution in [0.2, 0.25) is 0 Å². The minimum absolute atomic E-state index is 0.726. The van der Waals surface area contributed by atoms with Gasteiger partial charge in [0, 0.05) is 24.5 Å². The summed E-state index contributed by atoms with van der Waals surface area (Å²) in [6, 6.07) is 5.98. The first-order valence-corrected chi connectivity index (χ1v) is 4.91. The molecule has 0 aliphatic heterocycles. The van der Waals surface area contributed by atoms with Crippen molar-refractivity contribution >= 4 is 11.4 Å². The van der Waals surface area contributed by atoms with E-state index >= 15 is 0 Å². The number of rotatable bonds is 5. The normalized spacial score (nSPS) is 10.1. The van der Waals surface area contributed by atoms with Crippen LogP contribution in [0.1, 0.15) is 12.5 Å². The Balaban J connectivity index is 2.39. The third-order valence-electron chi connectivity index (χ3n) is 2.06. The number of anilines is 2. The van der Waals surface area contributed by atoms with Crippen LogP contribution >= 0.6 is 0 Å². The molecule has 0 aliphatic carbocycles. The first kappa shape index (κ1) is 10.9. The zero-order valence-electron chi connectivity index (χ0n) is 8.84. The molecule has 0 atom stereocenters. The monoisotopic (exact) mass is 194 g/mol. The minimum atomic E-state index is 0.726. The zero-order chi connectivity index (χ0) is 10.4. The van der Waals surface area contributed by atoms with Gasteiger partial charge in [-0.1, -0.05) is 6.07 Å². The molecule has 1 aromatic rings. The van der Waals surface area contributed by atoms with Crippen molar-refractivity contribution in [3.8, 4) is 0 Å². The van der Waals surface area contributed by atoms with E-state index in [1.165, 1.54) is 0 Å². The van der Waals surface area contributed by atoms with Crippen molar-refractivity contribution < 1.29 is 4.74 Å². The highest BCUT2D eigenvalue weighted by atomic mass is 16.5. The van der Waals surface area contributed by atoms with Crippen LogP contribution in [-0.2, 0) is 4.74 Å². The van der Waals surface area contributed by atoms with E-state index in [2.05, 4.69) is 5.32 Å². The van der Waals surface area contributed by atoms with Gasteiger partial charge in [-0.25, -0.2) is 0 Å². The summed E-state index contributed by atoms with van der Waals surface area (Å²) in [7, 11) is 0. The molecule has 0 bridgehead atoms. The number of nitrogens with two attached hydrogens (primary N) is 1. The summed E-state index contributed by atoms with van der Waals surface area (Å²) in [5.74, 6) is 0. The minimum Gasteiger partial charge on any atom is -0.398 e. The molecule has 0 radical (unpaired) electrons. The van der Waals surface area contributed by atoms with Crippen LogP contribution < -0.4 is 11.1 Å². The average Bonchev–Trinajstić information content (AvgIpc) is 2.18. The van der Waals surface area contributed by atoms with Gasteiger partial charge in [-0.2, -0.15) is 0 Å². The Morgan fingerprint density at radius 1 is 1.43 bits per heavy atom. The maximum Gasteiger partial charge on any atom is 0.0638 e. The van der Waals surface area contributed by atoms with E-state index in [-0.39, 0.29) is 0 Å². The summed E-state index contributed by atoms with van der Waals surface area (Å²) < 4.78 is 5.22. The molecule has 3 nitrogen and oxygen atoms in total. The van der Waals surface area contributed by atoms with Gasteiger partial charge in [-0.05, 0) is 31.5 Å². The molecule has 3 N–H and O–H groups in total. The van der Waals surface area contributed by atoms with E-state index in [1.807, 2.05) is 32.0 Å². The predicted octanol–water partition coefficient (Wildman–Crippen LogP) is 2.03. The van der Waals surface area contributed by atoms with Crippen molar-refractivity contribution in [1.82, 2.24) is 0 Å². The predicted molar refractivity (Wildman–Crippen MR) is 60.6 cm³/mol. The Bertz CT molecular complexity index is 287. The van der Waals surface area contributed by atoms with Gasteiger partial charge in [-0.15, -0.1) is 0 Å². The van der Waals surface area contributed by atoms with Crippen molar-refractivity contribution in [2.45, 2.75) is 13.8 Å². The van der Waals surface area contributed by atoms with Gasteiger partial charge in [0.2, 0.25) is 0 Å². The average molecular weight is 194 g/mol. The van der Waals surface area contributed by atoms with Crippen LogP contribution in [0, 0.1) is 6.92 Å². The number of benzene rings is 1. The van der Waals surface area contributed by atoms with Crippen LogP contribution in [-0.4, -0.2) is 19.8 Å². The summed E-state index contributed by atoms with van der Waals surface area (Å²) in [6.07, 6.45) is 0. The van der Waals surface area contributed by atoms with Gasteiger partial charge >= 0.3 is 0 Å². The highest BCUT2D eigenvalue weighted by Crippen LogP contribution is 2.16. The van der Waals surface area contributed by atoms with Crippen LogP contribution in [0.3, 0.4) is 0 Å². The molecule has 0 unspecified atom stereocenters. The standard InChI is InChI=1S/C11H18N2O/c1-3-14-7-6-13-10-5-4-9(2)11(12)8-10/h4-5,8,13H,3,6-7,12H2,1-2H3. The number of hydrogen-bond acceptors (Lipinski definition) is 3. The quantitative estimate of drug-likeness (QED) is 0.557. The second-order valence-corrected chi connectivity index (χ2v) is 3.20. The molecule has 3 heteroatoms. The maximum absolute atomic E-state index is 5.78. The maximum atomic E-state index is 5.78. The van der Waals surface area contributed by atoms with Crippen LogP contribution in [0.4, 0.5) is 11.4 Å². The molecule has 0 fully saturated rings. The van der Waals surface area contributed by atoms with Crippen molar-refractivity contribution in [2.75, 3.05) is 30.8 Å². The zero-order valence-corrected chi connectivity index (χ0v) is 8.84. The van der Waals surface area contributed by atoms with E-state index in [4.69, 9.17) is 10.5 Å². The summed E-state index contributed by atoms with van der Waals surface area (Å²) in [6.45, 7) is 6.29. The highest BCUT2D eigenvalue weighted by molar-refractivity contribution is 5.58. The molecule has 0 amide bonds. The largest absolute Gasteiger partial charge is 0.398 e. The van der Waals surface area contributed by atoms with Gasteiger partial charge in [0.05, 0.1) is 6.61 Å². The van der Waals surface area contributed by atoms with Crippen molar-refractivity contribution in [3.63, 3.8) is 0 Å². The SMILES string of the molecule is CCOCCNc1ccc(C)c(N)c1. The third kappa shape index (κ3) is 3.26. The number of hydrogen-bond donors (Lipinski definition) is 2. The van der Waals surface area contributed by atoms with Crippen LogP contribution in [0.15, 0.2) is 18.2 Å². The first-order chi connectivity index (χ1) is 6.74. The Labute approximate surface area is 85.3 Å². The summed E-state index contributed by atoms with van der Waals surface area (Å²) in [4.78, 5) is 0. The first-order valence-electron chi connectivity index (χ1n) is 4.91. The molecular weight excluding hydrogens is 176 g/mol. The van der Waals surface area contributed by atoms with E-state index in [0.717, 1.165) is 36.7 Å². The van der Waals surface area contributed by atoms with E-state index in [9.17, 15) is 0 Å². The Kier molecular flexibility index (Phi) is 4.26. The number of ether oxygens (including phenoxy) is 1. The van der Waals surface area contributed by atoms with Gasteiger partial charge < -0.3 is 15.8 Å². The molecule has 1 aromatic carbocycles. The van der Waals surface area contributed by atoms with Crippen LogP contribution in [0.5, 0.6) is 0 Å². The lowest BCUT2D eigenvalue weighted by Crippen LogP contribution is -2.09. The topological polar surface area (TPSA) is 47.3 Å². The lowest BCUT2D eigenvalue weighted by molar-refractivity contribution is 0.158. The van der Waals surface area contributed by atoms with Crippen molar-refractivity contribution in [3.05, 3.63) is 23.8 Å². The smallest absolute Gasteiger partial charge is 0.0638 e. The second kappa shape index (κ2) is 5.50. The Morgan fingerprint density at radius 3 is 2.86 bits per heavy atom. The molecule has 0 heterocycles. The molecule has 1 rings (SSSR count). The molecule has 0 spiro atoms. The number of nitrogen functional groups attached to an aromatic ring is 1. The summed E-state index contributed by atoms with van der Waals surface area (Å²) >= 11 is 0. The summed E-state index contributed by atoms with van der Waals surface area (Å²) in [5, 5.41) is 3.24. The third-order valence-corrected chi connectivity index (χ3v) is 2.06. The fourth-order valence-electron chi connectivity index (χ4n) is 1.16. The fourth-order valence-corrected chi connectivity index (χ4v) is 1.16. The lowest BCUT2D eigenvalue weighted by Gasteiger charge is -2.08. The van der Waals surface area contributed by atoms with Crippen molar-refractivity contribution in [2.24, 2.45) is 0 Å². The van der Waals surface area contributed by atoms with E-state index < -0.39 is 0 Å².